The van der Waals surface area contributed by atoms with Crippen molar-refractivity contribution >= 4 is 5.91 Å². The van der Waals surface area contributed by atoms with Crippen LogP contribution >= 0.6 is 0 Å². The van der Waals surface area contributed by atoms with E-state index in [2.05, 4.69) is 46.6 Å². The van der Waals surface area contributed by atoms with Gasteiger partial charge in [0.05, 0.1) is 40.5 Å². The van der Waals surface area contributed by atoms with Gasteiger partial charge in [-0.3, -0.25) is 9.69 Å². The summed E-state index contributed by atoms with van der Waals surface area (Å²) in [4.78, 5) is 15.7. The lowest BCUT2D eigenvalue weighted by Crippen LogP contribution is -2.44. The number of nitrogens with zero attached hydrogens (tertiary/aromatic N) is 1. The molecule has 3 aromatic carbocycles. The molecule has 0 radical (unpaired) electrons. The van der Waals surface area contributed by atoms with Gasteiger partial charge in [-0.2, -0.15) is 0 Å². The summed E-state index contributed by atoms with van der Waals surface area (Å²) in [6.07, 6.45) is 3.49. The second kappa shape index (κ2) is 12.0. The van der Waals surface area contributed by atoms with Crippen LogP contribution in [0.3, 0.4) is 0 Å². The fourth-order valence-electron chi connectivity index (χ4n) is 5.98. The molecule has 5 rings (SSSR count). The molecule has 3 aromatic rings. The molecule has 0 saturated carbocycles. The minimum Gasteiger partial charge on any atom is -0.493 e. The van der Waals surface area contributed by atoms with Gasteiger partial charge in [-0.25, -0.2) is 0 Å². The summed E-state index contributed by atoms with van der Waals surface area (Å²) in [5, 5.41) is 3.31. The lowest BCUT2D eigenvalue weighted by Gasteiger charge is -2.38. The molecule has 0 fully saturated rings. The number of nitrogens with one attached hydrogen (secondary N) is 1. The van der Waals surface area contributed by atoms with Gasteiger partial charge in [0.2, 0.25) is 5.91 Å². The second-order valence-corrected chi connectivity index (χ2v) is 10.1. The highest BCUT2D eigenvalue weighted by molar-refractivity contribution is 5.79. The van der Waals surface area contributed by atoms with Crippen molar-refractivity contribution in [3.63, 3.8) is 0 Å². The Bertz CT molecular complexity index is 1320. The van der Waals surface area contributed by atoms with Crippen LogP contribution in [0.15, 0.2) is 54.6 Å². The van der Waals surface area contributed by atoms with Crippen LogP contribution in [0.1, 0.15) is 53.2 Å². The number of carbonyl (C=O) groups is 1. The van der Waals surface area contributed by atoms with Gasteiger partial charge in [-0.05, 0) is 84.7 Å². The van der Waals surface area contributed by atoms with Gasteiger partial charge in [0, 0.05) is 12.6 Å². The molecule has 0 bridgehead atoms. The maximum atomic E-state index is 13.4. The SMILES string of the molecule is CCOc1cc2c(cc1OC)CCN(CC(=O)NC1CCc3ccccc31)C2Cc1ccc(OC)c(OC)c1. The predicted molar refractivity (Wildman–Crippen MR) is 151 cm³/mol. The van der Waals surface area contributed by atoms with Gasteiger partial charge in [0.1, 0.15) is 0 Å². The predicted octanol–water partition coefficient (Wildman–Crippen LogP) is 5.06. The molecule has 7 nitrogen and oxygen atoms in total. The van der Waals surface area contributed by atoms with Crippen molar-refractivity contribution < 1.29 is 23.7 Å². The zero-order chi connectivity index (χ0) is 27.4. The Kier molecular flexibility index (Phi) is 8.27. The molecule has 2 aliphatic rings. The fourth-order valence-corrected chi connectivity index (χ4v) is 5.98. The number of amides is 1. The van der Waals surface area contributed by atoms with E-state index in [1.165, 1.54) is 22.3 Å². The van der Waals surface area contributed by atoms with Crippen LogP contribution in [0, 0.1) is 0 Å². The van der Waals surface area contributed by atoms with E-state index < -0.39 is 0 Å². The first kappa shape index (κ1) is 26.9. The molecule has 1 N–H and O–H groups in total. The summed E-state index contributed by atoms with van der Waals surface area (Å²) in [5.41, 5.74) is 6.07. The molecule has 206 valence electrons. The van der Waals surface area contributed by atoms with Crippen molar-refractivity contribution in [1.82, 2.24) is 10.2 Å². The Labute approximate surface area is 231 Å². The van der Waals surface area contributed by atoms with E-state index in [9.17, 15) is 4.79 Å². The molecule has 0 spiro atoms. The highest BCUT2D eigenvalue weighted by Crippen LogP contribution is 2.40. The molecule has 1 heterocycles. The molecule has 0 aromatic heterocycles. The van der Waals surface area contributed by atoms with Crippen molar-refractivity contribution in [2.24, 2.45) is 0 Å². The van der Waals surface area contributed by atoms with Gasteiger partial charge < -0.3 is 24.3 Å². The van der Waals surface area contributed by atoms with Crippen molar-refractivity contribution in [2.45, 2.75) is 44.7 Å². The third-order valence-corrected chi connectivity index (χ3v) is 7.89. The number of hydrogen-bond acceptors (Lipinski definition) is 6. The van der Waals surface area contributed by atoms with Crippen molar-refractivity contribution in [3.8, 4) is 23.0 Å². The fraction of sp³-hybridized carbons (Fsp3) is 0.406. The maximum Gasteiger partial charge on any atom is 0.234 e. The monoisotopic (exact) mass is 530 g/mol. The van der Waals surface area contributed by atoms with E-state index in [0.717, 1.165) is 42.9 Å². The van der Waals surface area contributed by atoms with Crippen LogP contribution in [-0.4, -0.2) is 51.8 Å². The molecule has 39 heavy (non-hydrogen) atoms. The van der Waals surface area contributed by atoms with E-state index in [1.54, 1.807) is 21.3 Å². The number of rotatable bonds is 10. The summed E-state index contributed by atoms with van der Waals surface area (Å²) < 4.78 is 22.6. The Morgan fingerprint density at radius 2 is 1.64 bits per heavy atom. The quantitative estimate of drug-likeness (QED) is 0.395. The molecule has 7 heteroatoms. The maximum absolute atomic E-state index is 13.4. The van der Waals surface area contributed by atoms with Crippen LogP contribution in [0.4, 0.5) is 0 Å². The molecule has 0 saturated heterocycles. The zero-order valence-corrected chi connectivity index (χ0v) is 23.3. The van der Waals surface area contributed by atoms with Crippen LogP contribution < -0.4 is 24.3 Å². The summed E-state index contributed by atoms with van der Waals surface area (Å²) in [5.74, 6) is 2.91. The number of ether oxygens (including phenoxy) is 4. The third-order valence-electron chi connectivity index (χ3n) is 7.89. The van der Waals surface area contributed by atoms with Crippen LogP contribution in [-0.2, 0) is 24.1 Å². The van der Waals surface area contributed by atoms with Crippen molar-refractivity contribution in [2.75, 3.05) is 41.0 Å². The first-order chi connectivity index (χ1) is 19.0. The van der Waals surface area contributed by atoms with Gasteiger partial charge in [-0.15, -0.1) is 0 Å². The van der Waals surface area contributed by atoms with Gasteiger partial charge in [-0.1, -0.05) is 30.3 Å². The number of hydrogen-bond donors (Lipinski definition) is 1. The highest BCUT2D eigenvalue weighted by Gasteiger charge is 2.32. The summed E-state index contributed by atoms with van der Waals surface area (Å²) in [7, 11) is 4.96. The zero-order valence-electron chi connectivity index (χ0n) is 23.3. The number of methoxy groups -OCH3 is 3. The van der Waals surface area contributed by atoms with E-state index in [1.807, 2.05) is 25.1 Å². The molecule has 1 amide bonds. The summed E-state index contributed by atoms with van der Waals surface area (Å²) in [6.45, 7) is 3.62. The standard InChI is InChI=1S/C32H38N2O5/c1-5-39-31-19-25-23(18-30(31)38-4)14-15-34(27(25)16-21-10-13-28(36-2)29(17-21)37-3)20-32(35)33-26-12-11-22-8-6-7-9-24(22)26/h6-10,13,17-19,26-27H,5,11-12,14-16,20H2,1-4H3,(H,33,35). The number of benzene rings is 3. The minimum absolute atomic E-state index is 0.0152. The lowest BCUT2D eigenvalue weighted by molar-refractivity contribution is -0.123. The van der Waals surface area contributed by atoms with Crippen LogP contribution in [0.5, 0.6) is 23.0 Å². The van der Waals surface area contributed by atoms with Gasteiger partial charge >= 0.3 is 0 Å². The minimum atomic E-state index is -0.0152. The summed E-state index contributed by atoms with van der Waals surface area (Å²) in [6, 6.07) is 18.7. The van der Waals surface area contributed by atoms with Crippen LogP contribution in [0.25, 0.3) is 0 Å². The van der Waals surface area contributed by atoms with Gasteiger partial charge in [0.15, 0.2) is 23.0 Å². The van der Waals surface area contributed by atoms with E-state index in [4.69, 9.17) is 18.9 Å². The number of fused-ring (bicyclic) bond motifs is 2. The molecule has 2 unspecified atom stereocenters. The Morgan fingerprint density at radius 3 is 2.41 bits per heavy atom. The Balaban J connectivity index is 1.43. The average molecular weight is 531 g/mol. The third kappa shape index (κ3) is 5.69. The molecule has 1 aliphatic heterocycles. The number of carbonyl (C=O) groups excluding carboxylic acids is 1. The first-order valence-corrected chi connectivity index (χ1v) is 13.7. The van der Waals surface area contributed by atoms with Gasteiger partial charge in [0.25, 0.3) is 0 Å². The molecule has 2 atom stereocenters. The smallest absolute Gasteiger partial charge is 0.234 e. The van der Waals surface area contributed by atoms with E-state index >= 15 is 0 Å². The van der Waals surface area contributed by atoms with Crippen molar-refractivity contribution in [1.29, 1.82) is 0 Å². The largest absolute Gasteiger partial charge is 0.493 e. The Hall–Kier alpha value is -3.71. The van der Waals surface area contributed by atoms with E-state index in [-0.39, 0.29) is 18.0 Å². The van der Waals surface area contributed by atoms with E-state index in [0.29, 0.717) is 31.1 Å². The lowest BCUT2D eigenvalue weighted by atomic mass is 9.88. The topological polar surface area (TPSA) is 69.3 Å². The highest BCUT2D eigenvalue weighted by atomic mass is 16.5. The molecular formula is C32H38N2O5. The second-order valence-electron chi connectivity index (χ2n) is 10.1. The molecular weight excluding hydrogens is 492 g/mol. The average Bonchev–Trinajstić information content (AvgIpc) is 3.36. The molecule has 1 aliphatic carbocycles. The van der Waals surface area contributed by atoms with Crippen LogP contribution in [0.2, 0.25) is 0 Å². The normalized spacial score (nSPS) is 18.2. The summed E-state index contributed by atoms with van der Waals surface area (Å²) >= 11 is 0. The first-order valence-electron chi connectivity index (χ1n) is 13.7. The Morgan fingerprint density at radius 1 is 0.872 bits per heavy atom. The van der Waals surface area contributed by atoms with Crippen molar-refractivity contribution in [3.05, 3.63) is 82.4 Å². The number of aryl methyl sites for hydroxylation is 1.